The molecule has 1 atom stereocenters. The summed E-state index contributed by atoms with van der Waals surface area (Å²) in [5, 5.41) is 14.8. The Morgan fingerprint density at radius 1 is 1.08 bits per heavy atom. The molecule has 2 heterocycles. The molecule has 1 aliphatic heterocycles. The summed E-state index contributed by atoms with van der Waals surface area (Å²) >= 11 is 12.1. The van der Waals surface area contributed by atoms with E-state index < -0.39 is 35.4 Å². The number of carbonyl (C=O) groups excluding carboxylic acids is 2. The van der Waals surface area contributed by atoms with Gasteiger partial charge in [0.25, 0.3) is 18.2 Å². The van der Waals surface area contributed by atoms with E-state index in [9.17, 15) is 27.9 Å². The second kappa shape index (κ2) is 10.8. The number of nitrogens with zero attached hydrogens (tertiary/aromatic N) is 2. The van der Waals surface area contributed by atoms with Crippen LogP contribution in [0.25, 0.3) is 0 Å². The molecule has 11 heteroatoms. The average molecular weight is 578 g/mol. The molecule has 1 saturated carbocycles. The summed E-state index contributed by atoms with van der Waals surface area (Å²) in [4.78, 5) is 31.4. The molecule has 1 unspecified atom stereocenters. The van der Waals surface area contributed by atoms with Crippen LogP contribution in [0.3, 0.4) is 0 Å². The molecule has 0 bridgehead atoms. The number of nitrogens with one attached hydrogen (secondary N) is 1. The fourth-order valence-electron chi connectivity index (χ4n) is 5.47. The topological polar surface area (TPSA) is 82.5 Å². The van der Waals surface area contributed by atoms with Crippen LogP contribution in [0.5, 0.6) is 0 Å². The number of hydrogen-bond donors (Lipinski definition) is 2. The summed E-state index contributed by atoms with van der Waals surface area (Å²) in [5.41, 5.74) is -2.54. The first-order chi connectivity index (χ1) is 18.6. The van der Waals surface area contributed by atoms with Gasteiger partial charge in [-0.1, -0.05) is 47.5 Å². The molecule has 6 nitrogen and oxygen atoms in total. The highest BCUT2D eigenvalue weighted by Crippen LogP contribution is 2.47. The molecule has 0 saturated heterocycles. The number of aromatic nitrogens is 1. The molecule has 1 aromatic heterocycles. The van der Waals surface area contributed by atoms with Gasteiger partial charge in [-0.3, -0.25) is 14.6 Å². The van der Waals surface area contributed by atoms with E-state index in [0.717, 1.165) is 6.20 Å². The molecule has 0 radical (unpaired) electrons. The third kappa shape index (κ3) is 5.11. The SMILES string of the molecule is O=C(N[C@H]1CC[C@H](CN2C(=O)C(O)(c3ccccc3F)c3ccc(Cl)cc32)CC1)c1cc(Cl)cnc1C(F)F. The Labute approximate surface area is 232 Å². The smallest absolute Gasteiger partial charge is 0.281 e. The number of hydrogen-bond acceptors (Lipinski definition) is 4. The van der Waals surface area contributed by atoms with Crippen LogP contribution in [-0.4, -0.2) is 34.5 Å². The molecule has 3 aromatic rings. The van der Waals surface area contributed by atoms with E-state index in [1.807, 2.05) is 0 Å². The summed E-state index contributed by atoms with van der Waals surface area (Å²) in [6.45, 7) is 0.261. The number of fused-ring (bicyclic) bond motifs is 1. The third-order valence-corrected chi connectivity index (χ3v) is 7.86. The van der Waals surface area contributed by atoms with Gasteiger partial charge in [-0.2, -0.15) is 0 Å². The van der Waals surface area contributed by atoms with Crippen LogP contribution in [0.15, 0.2) is 54.7 Å². The molecule has 2 N–H and O–H groups in total. The lowest BCUT2D eigenvalue weighted by Crippen LogP contribution is -2.45. The zero-order valence-electron chi connectivity index (χ0n) is 20.5. The van der Waals surface area contributed by atoms with E-state index in [0.29, 0.717) is 36.4 Å². The van der Waals surface area contributed by atoms with E-state index in [2.05, 4.69) is 10.3 Å². The highest BCUT2D eigenvalue weighted by molar-refractivity contribution is 6.31. The van der Waals surface area contributed by atoms with Crippen molar-refractivity contribution in [1.29, 1.82) is 0 Å². The number of benzene rings is 2. The van der Waals surface area contributed by atoms with Crippen molar-refractivity contribution < 1.29 is 27.9 Å². The first-order valence-corrected chi connectivity index (χ1v) is 13.2. The first kappa shape index (κ1) is 27.4. The maximum absolute atomic E-state index is 14.7. The highest BCUT2D eigenvalue weighted by atomic mass is 35.5. The number of anilines is 1. The highest BCUT2D eigenvalue weighted by Gasteiger charge is 2.52. The summed E-state index contributed by atoms with van der Waals surface area (Å²) in [6, 6.07) is 11.2. The zero-order chi connectivity index (χ0) is 27.9. The summed E-state index contributed by atoms with van der Waals surface area (Å²) < 4.78 is 41.4. The van der Waals surface area contributed by atoms with Crippen molar-refractivity contribution in [3.63, 3.8) is 0 Å². The van der Waals surface area contributed by atoms with Crippen LogP contribution in [0.2, 0.25) is 10.0 Å². The molecule has 2 aromatic carbocycles. The molecule has 1 fully saturated rings. The van der Waals surface area contributed by atoms with Crippen LogP contribution < -0.4 is 10.2 Å². The van der Waals surface area contributed by atoms with Crippen molar-refractivity contribution >= 4 is 40.7 Å². The van der Waals surface area contributed by atoms with E-state index >= 15 is 0 Å². The fraction of sp³-hybridized carbons (Fsp3) is 0.321. The third-order valence-electron chi connectivity index (χ3n) is 7.42. The Hall–Kier alpha value is -3.14. The molecular weight excluding hydrogens is 554 g/mol. The monoisotopic (exact) mass is 577 g/mol. The maximum Gasteiger partial charge on any atom is 0.281 e. The first-order valence-electron chi connectivity index (χ1n) is 12.4. The van der Waals surface area contributed by atoms with Gasteiger partial charge in [0, 0.05) is 34.9 Å². The number of rotatable bonds is 6. The van der Waals surface area contributed by atoms with Crippen molar-refractivity contribution in [2.45, 2.75) is 43.8 Å². The van der Waals surface area contributed by atoms with Gasteiger partial charge in [0.15, 0.2) is 5.60 Å². The summed E-state index contributed by atoms with van der Waals surface area (Å²) in [7, 11) is 0. The summed E-state index contributed by atoms with van der Waals surface area (Å²) in [5.74, 6) is -2.01. The zero-order valence-corrected chi connectivity index (χ0v) is 22.0. The van der Waals surface area contributed by atoms with Gasteiger partial charge in [0.1, 0.15) is 11.5 Å². The van der Waals surface area contributed by atoms with Gasteiger partial charge in [-0.25, -0.2) is 13.2 Å². The Morgan fingerprint density at radius 2 is 1.79 bits per heavy atom. The average Bonchev–Trinajstić information content (AvgIpc) is 3.11. The van der Waals surface area contributed by atoms with Crippen LogP contribution >= 0.6 is 23.2 Å². The lowest BCUT2D eigenvalue weighted by Gasteiger charge is -2.32. The molecule has 0 spiro atoms. The lowest BCUT2D eigenvalue weighted by molar-refractivity contribution is -0.132. The Morgan fingerprint density at radius 3 is 2.49 bits per heavy atom. The number of amides is 2. The van der Waals surface area contributed by atoms with Crippen LogP contribution in [0.1, 0.15) is 59.3 Å². The fourth-order valence-corrected chi connectivity index (χ4v) is 5.79. The predicted octanol–water partition coefficient (Wildman–Crippen LogP) is 6.04. The minimum atomic E-state index is -2.92. The number of alkyl halides is 2. The predicted molar refractivity (Wildman–Crippen MR) is 141 cm³/mol. The van der Waals surface area contributed by atoms with Crippen molar-refractivity contribution in [3.05, 3.63) is 93.0 Å². The number of carbonyl (C=O) groups is 2. The summed E-state index contributed by atoms with van der Waals surface area (Å²) in [6.07, 6.45) is 0.503. The van der Waals surface area contributed by atoms with Gasteiger partial charge >= 0.3 is 0 Å². The van der Waals surface area contributed by atoms with Gasteiger partial charge in [0.05, 0.1) is 16.3 Å². The van der Waals surface area contributed by atoms with Gasteiger partial charge < -0.3 is 15.3 Å². The quantitative estimate of drug-likeness (QED) is 0.374. The van der Waals surface area contributed by atoms with Crippen molar-refractivity contribution in [1.82, 2.24) is 10.3 Å². The Kier molecular flexibility index (Phi) is 7.59. The molecular formula is C28H24Cl2F3N3O3. The van der Waals surface area contributed by atoms with Crippen LogP contribution in [0.4, 0.5) is 18.9 Å². The second-order valence-electron chi connectivity index (χ2n) is 9.85. The van der Waals surface area contributed by atoms with Gasteiger partial charge in [-0.15, -0.1) is 0 Å². The van der Waals surface area contributed by atoms with E-state index in [-0.39, 0.29) is 40.2 Å². The van der Waals surface area contributed by atoms with Gasteiger partial charge in [0.2, 0.25) is 0 Å². The largest absolute Gasteiger partial charge is 0.372 e. The number of pyridine rings is 1. The lowest BCUT2D eigenvalue weighted by atomic mass is 9.85. The molecule has 2 aliphatic rings. The van der Waals surface area contributed by atoms with Gasteiger partial charge in [-0.05, 0) is 55.9 Å². The Balaban J connectivity index is 1.29. The molecule has 2 amide bonds. The standard InChI is InChI=1S/C28H24Cl2F3N3O3/c29-16-7-10-21-23(12-16)36(27(38)28(21,39)20-3-1-2-4-22(20)31)14-15-5-8-18(9-6-15)35-26(37)19-11-17(30)13-34-24(19)25(32)33/h1-4,7,10-13,15,18,25,39H,5-6,8-9,14H2,(H,35,37)/t15-,18-,28?. The van der Waals surface area contributed by atoms with E-state index in [4.69, 9.17) is 23.2 Å². The van der Waals surface area contributed by atoms with E-state index in [1.54, 1.807) is 18.2 Å². The Bertz CT molecular complexity index is 1430. The van der Waals surface area contributed by atoms with E-state index in [1.165, 1.54) is 35.2 Å². The minimum absolute atomic E-state index is 0.0152. The normalized spacial score (nSPS) is 22.7. The second-order valence-corrected chi connectivity index (χ2v) is 10.7. The maximum atomic E-state index is 14.7. The number of aliphatic hydroxyl groups is 1. The number of halogens is 5. The molecule has 39 heavy (non-hydrogen) atoms. The van der Waals surface area contributed by atoms with Crippen LogP contribution in [-0.2, 0) is 10.4 Å². The molecule has 204 valence electrons. The van der Waals surface area contributed by atoms with Crippen LogP contribution in [0, 0.1) is 11.7 Å². The van der Waals surface area contributed by atoms with Crippen molar-refractivity contribution in [3.8, 4) is 0 Å². The van der Waals surface area contributed by atoms with Crippen molar-refractivity contribution in [2.75, 3.05) is 11.4 Å². The molecule has 1 aliphatic carbocycles. The molecule has 5 rings (SSSR count). The minimum Gasteiger partial charge on any atom is -0.372 e. The van der Waals surface area contributed by atoms with Crippen molar-refractivity contribution in [2.24, 2.45) is 5.92 Å².